The first-order valence-electron chi connectivity index (χ1n) is 1.81. The third kappa shape index (κ3) is 5.57. The van der Waals surface area contributed by atoms with Gasteiger partial charge < -0.3 is 19.5 Å². The summed E-state index contributed by atoms with van der Waals surface area (Å²) >= 11 is 0. The Morgan fingerprint density at radius 2 is 1.75 bits per heavy atom. The Balaban J connectivity index is 3.55. The van der Waals surface area contributed by atoms with Crippen molar-refractivity contribution in [2.75, 3.05) is 0 Å². The van der Waals surface area contributed by atoms with E-state index in [-0.39, 0.29) is 0 Å². The Morgan fingerprint density at radius 3 is 1.75 bits per heavy atom. The largest absolute Gasteiger partial charge is 0.504 e. The van der Waals surface area contributed by atoms with E-state index in [0.717, 1.165) is 0 Å². The number of carbonyl (C=O) groups is 1. The molecule has 6 heteroatoms. The molecule has 0 bridgehead atoms. The van der Waals surface area contributed by atoms with Crippen molar-refractivity contribution in [2.24, 2.45) is 0 Å². The molecule has 0 aliphatic heterocycles. The maximum atomic E-state index is 9.57. The van der Waals surface area contributed by atoms with Crippen molar-refractivity contribution in [3.05, 3.63) is 0 Å². The highest BCUT2D eigenvalue weighted by Gasteiger charge is 2.30. The van der Waals surface area contributed by atoms with Gasteiger partial charge in [-0.05, 0) is 0 Å². The number of aliphatic carboxylic acids is 1. The van der Waals surface area contributed by atoms with Crippen LogP contribution in [0.2, 0.25) is 6.04 Å². The van der Waals surface area contributed by atoms with Gasteiger partial charge in [-0.15, -0.1) is 0 Å². The average molecular weight is 138 g/mol. The zero-order chi connectivity index (χ0) is 6.78. The van der Waals surface area contributed by atoms with Crippen LogP contribution in [0.3, 0.4) is 0 Å². The summed E-state index contributed by atoms with van der Waals surface area (Å²) in [6, 6.07) is -0.951. The molecule has 0 unspecified atom stereocenters. The van der Waals surface area contributed by atoms with Crippen molar-refractivity contribution in [1.29, 1.82) is 0 Å². The molecule has 0 amide bonds. The molecule has 0 aromatic rings. The molecule has 0 aromatic carbocycles. The van der Waals surface area contributed by atoms with Gasteiger partial charge in [-0.1, -0.05) is 0 Å². The molecule has 0 aliphatic carbocycles. The minimum Gasteiger partial charge on any atom is -0.481 e. The molecule has 0 saturated carbocycles. The molecule has 0 aromatic heterocycles. The van der Waals surface area contributed by atoms with Crippen molar-refractivity contribution >= 4 is 14.8 Å². The van der Waals surface area contributed by atoms with Gasteiger partial charge >= 0.3 is 14.8 Å². The molecule has 0 aliphatic rings. The number of hydrogen-bond acceptors (Lipinski definition) is 4. The Bertz CT molecular complexity index is 93.1. The molecule has 5 nitrogen and oxygen atoms in total. The summed E-state index contributed by atoms with van der Waals surface area (Å²) in [4.78, 5) is 33.7. The van der Waals surface area contributed by atoms with Gasteiger partial charge in [-0.25, -0.2) is 0 Å². The third-order valence-electron chi connectivity index (χ3n) is 0.388. The molecule has 8 heavy (non-hydrogen) atoms. The van der Waals surface area contributed by atoms with Crippen molar-refractivity contribution in [2.45, 2.75) is 6.04 Å². The summed E-state index contributed by atoms with van der Waals surface area (Å²) in [5, 5.41) is 7.80. The first-order chi connectivity index (χ1) is 3.42. The molecular formula is C2H6O5Si. The van der Waals surface area contributed by atoms with Crippen molar-refractivity contribution in [3.8, 4) is 0 Å². The second-order valence-electron chi connectivity index (χ2n) is 1.34. The molecule has 0 rings (SSSR count). The smallest absolute Gasteiger partial charge is 0.481 e. The van der Waals surface area contributed by atoms with Gasteiger partial charge in [0.25, 0.3) is 0 Å². The second-order valence-corrected chi connectivity index (χ2v) is 3.25. The van der Waals surface area contributed by atoms with E-state index in [0.29, 0.717) is 0 Å². The fraction of sp³-hybridized carbons (Fsp3) is 0.500. The lowest BCUT2D eigenvalue weighted by molar-refractivity contribution is -0.135. The van der Waals surface area contributed by atoms with Gasteiger partial charge in [-0.3, -0.25) is 4.79 Å². The zero-order valence-corrected chi connectivity index (χ0v) is 4.90. The van der Waals surface area contributed by atoms with Crippen LogP contribution in [0.25, 0.3) is 0 Å². The molecular weight excluding hydrogens is 132 g/mol. The summed E-state index contributed by atoms with van der Waals surface area (Å²) in [6.45, 7) is 0. The predicted octanol–water partition coefficient (Wildman–Crippen LogP) is -2.01. The van der Waals surface area contributed by atoms with E-state index in [9.17, 15) is 4.79 Å². The van der Waals surface area contributed by atoms with Crippen LogP contribution in [0.15, 0.2) is 0 Å². The summed E-state index contributed by atoms with van der Waals surface area (Å²) in [7, 11) is -4.32. The second kappa shape index (κ2) is 2.22. The zero-order valence-electron chi connectivity index (χ0n) is 3.90. The van der Waals surface area contributed by atoms with Crippen LogP contribution < -0.4 is 0 Å². The van der Waals surface area contributed by atoms with Crippen LogP contribution >= 0.6 is 0 Å². The first kappa shape index (κ1) is 7.57. The van der Waals surface area contributed by atoms with Gasteiger partial charge in [0, 0.05) is 0 Å². The Hall–Kier alpha value is -0.433. The summed E-state index contributed by atoms with van der Waals surface area (Å²) in [5.41, 5.74) is 0. The maximum Gasteiger partial charge on any atom is 0.504 e. The van der Waals surface area contributed by atoms with Crippen LogP contribution in [0.4, 0.5) is 0 Å². The van der Waals surface area contributed by atoms with E-state index in [1.54, 1.807) is 0 Å². The van der Waals surface area contributed by atoms with E-state index in [2.05, 4.69) is 0 Å². The van der Waals surface area contributed by atoms with Gasteiger partial charge in [0.1, 0.15) is 6.04 Å². The van der Waals surface area contributed by atoms with E-state index in [1.165, 1.54) is 0 Å². The summed E-state index contributed by atoms with van der Waals surface area (Å²) in [5.74, 6) is -1.41. The molecule has 0 heterocycles. The van der Waals surface area contributed by atoms with Gasteiger partial charge in [0.05, 0.1) is 0 Å². The molecule has 0 spiro atoms. The molecule has 4 N–H and O–H groups in total. The molecule has 0 atom stereocenters. The summed E-state index contributed by atoms with van der Waals surface area (Å²) in [6.07, 6.45) is 0. The van der Waals surface area contributed by atoms with Crippen LogP contribution in [0.5, 0.6) is 0 Å². The lowest BCUT2D eigenvalue weighted by atomic mass is 10.8. The predicted molar refractivity (Wildman–Crippen MR) is 24.9 cm³/mol. The highest BCUT2D eigenvalue weighted by molar-refractivity contribution is 6.59. The van der Waals surface area contributed by atoms with Crippen LogP contribution in [-0.2, 0) is 4.79 Å². The quantitative estimate of drug-likeness (QED) is 0.330. The SMILES string of the molecule is O=C(O)C[Si](O)(O)O. The first-order valence-corrected chi connectivity index (χ1v) is 3.85. The topological polar surface area (TPSA) is 98.0 Å². The highest BCUT2D eigenvalue weighted by Crippen LogP contribution is 1.93. The number of rotatable bonds is 2. The van der Waals surface area contributed by atoms with Crippen LogP contribution in [0, 0.1) is 0 Å². The standard InChI is InChI=1S/C2H6O5Si/c3-2(4)1-8(5,6)7/h5-7H,1H2,(H,3,4). The molecule has 0 fully saturated rings. The normalized spacial score (nSPS) is 11.4. The highest BCUT2D eigenvalue weighted by atomic mass is 28.4. The van der Waals surface area contributed by atoms with Gasteiger partial charge in [0.2, 0.25) is 0 Å². The Labute approximate surface area is 46.2 Å². The molecule has 0 saturated heterocycles. The van der Waals surface area contributed by atoms with Gasteiger partial charge in [-0.2, -0.15) is 0 Å². The Morgan fingerprint density at radius 1 is 1.38 bits per heavy atom. The van der Waals surface area contributed by atoms with Crippen molar-refractivity contribution in [1.82, 2.24) is 0 Å². The van der Waals surface area contributed by atoms with Crippen LogP contribution in [0.1, 0.15) is 0 Å². The monoisotopic (exact) mass is 138 g/mol. The van der Waals surface area contributed by atoms with Crippen molar-refractivity contribution in [3.63, 3.8) is 0 Å². The van der Waals surface area contributed by atoms with E-state index in [1.807, 2.05) is 0 Å². The van der Waals surface area contributed by atoms with E-state index < -0.39 is 20.8 Å². The fourth-order valence-electron chi connectivity index (χ4n) is 0.203. The molecule has 48 valence electrons. The Kier molecular flexibility index (Phi) is 2.10. The minimum atomic E-state index is -4.32. The van der Waals surface area contributed by atoms with Crippen LogP contribution in [-0.4, -0.2) is 34.3 Å². The lowest BCUT2D eigenvalue weighted by Crippen LogP contribution is -2.36. The van der Waals surface area contributed by atoms with E-state index in [4.69, 9.17) is 19.5 Å². The number of hydrogen-bond donors (Lipinski definition) is 4. The van der Waals surface area contributed by atoms with E-state index >= 15 is 0 Å². The molecule has 0 radical (unpaired) electrons. The third-order valence-corrected chi connectivity index (χ3v) is 1.17. The fourth-order valence-corrected chi connectivity index (χ4v) is 0.609. The average Bonchev–Trinajstić information content (AvgIpc) is 1.21. The number of carboxylic acid groups (broad SMARTS) is 1. The number of carboxylic acids is 1. The maximum absolute atomic E-state index is 9.57. The lowest BCUT2D eigenvalue weighted by Gasteiger charge is -2.03. The van der Waals surface area contributed by atoms with Crippen molar-refractivity contribution < 1.29 is 24.3 Å². The minimum absolute atomic E-state index is 0.951. The van der Waals surface area contributed by atoms with Gasteiger partial charge in [0.15, 0.2) is 0 Å². The summed E-state index contributed by atoms with van der Waals surface area (Å²) < 4.78 is 0.